The zero-order chi connectivity index (χ0) is 22.1. The van der Waals surface area contributed by atoms with E-state index in [0.717, 1.165) is 21.9 Å². The number of phenolic OH excluding ortho intramolecular Hbond substituents is 1. The van der Waals surface area contributed by atoms with Gasteiger partial charge in [-0.25, -0.2) is 10.4 Å². The first-order valence-corrected chi connectivity index (χ1v) is 9.39. The Morgan fingerprint density at radius 2 is 1.39 bits per heavy atom. The number of nitrogens with zero attached hydrogens (tertiary/aromatic N) is 1. The summed E-state index contributed by atoms with van der Waals surface area (Å²) in [4.78, 5) is 28.5. The van der Waals surface area contributed by atoms with E-state index in [-0.39, 0.29) is 11.4 Å². The van der Waals surface area contributed by atoms with Crippen molar-refractivity contribution in [1.29, 1.82) is 0 Å². The predicted molar refractivity (Wildman–Crippen MR) is 120 cm³/mol. The number of imide groups is 1. The van der Waals surface area contributed by atoms with Crippen LogP contribution in [-0.2, 0) is 9.59 Å². The van der Waals surface area contributed by atoms with Gasteiger partial charge in [0, 0.05) is 29.6 Å². The van der Waals surface area contributed by atoms with E-state index in [2.05, 4.69) is 5.48 Å². The van der Waals surface area contributed by atoms with E-state index < -0.39 is 11.8 Å². The van der Waals surface area contributed by atoms with Gasteiger partial charge in [0.05, 0.1) is 5.69 Å². The molecular weight excluding hydrogens is 394 g/mol. The van der Waals surface area contributed by atoms with Crippen molar-refractivity contribution >= 4 is 29.3 Å². The van der Waals surface area contributed by atoms with Gasteiger partial charge in [-0.3, -0.25) is 9.59 Å². The fourth-order valence-corrected chi connectivity index (χ4v) is 2.68. The Labute approximate surface area is 179 Å². The Hall–Kier alpha value is -4.52. The SMILES string of the molecule is C1=Cc2ccccc2ON1.Nc1ccccc1.O=C1C=CC(=O)N1c1ccccc1O. The van der Waals surface area contributed by atoms with Crippen LogP contribution in [0.4, 0.5) is 11.4 Å². The number of anilines is 2. The number of phenols is 1. The zero-order valence-electron chi connectivity index (χ0n) is 16.5. The summed E-state index contributed by atoms with van der Waals surface area (Å²) in [7, 11) is 0. The van der Waals surface area contributed by atoms with Crippen LogP contribution in [0.3, 0.4) is 0 Å². The smallest absolute Gasteiger partial charge is 0.258 e. The summed E-state index contributed by atoms with van der Waals surface area (Å²) in [5.41, 5.74) is 10.2. The molecule has 7 nitrogen and oxygen atoms in total. The average molecular weight is 415 g/mol. The van der Waals surface area contributed by atoms with Gasteiger partial charge in [-0.1, -0.05) is 48.5 Å². The van der Waals surface area contributed by atoms with E-state index >= 15 is 0 Å². The van der Waals surface area contributed by atoms with Gasteiger partial charge in [0.1, 0.15) is 5.75 Å². The number of nitrogens with two attached hydrogens (primary N) is 1. The Bertz CT molecular complexity index is 1090. The molecule has 4 N–H and O–H groups in total. The zero-order valence-corrected chi connectivity index (χ0v) is 16.5. The lowest BCUT2D eigenvalue weighted by molar-refractivity contribution is -0.120. The molecule has 0 bridgehead atoms. The largest absolute Gasteiger partial charge is 0.506 e. The second kappa shape index (κ2) is 10.3. The molecule has 0 spiro atoms. The van der Waals surface area contributed by atoms with E-state index in [1.165, 1.54) is 24.3 Å². The average Bonchev–Trinajstić information content (AvgIpc) is 3.13. The van der Waals surface area contributed by atoms with E-state index in [9.17, 15) is 14.7 Å². The second-order valence-corrected chi connectivity index (χ2v) is 6.34. The highest BCUT2D eigenvalue weighted by Gasteiger charge is 2.26. The summed E-state index contributed by atoms with van der Waals surface area (Å²) in [5.74, 6) is -0.0732. The number of carbonyl (C=O) groups excluding carboxylic acids is 2. The van der Waals surface area contributed by atoms with Crippen LogP contribution < -0.4 is 21.0 Å². The lowest BCUT2D eigenvalue weighted by Gasteiger charge is -2.14. The quantitative estimate of drug-likeness (QED) is 0.414. The molecule has 0 unspecified atom stereocenters. The van der Waals surface area contributed by atoms with Gasteiger partial charge >= 0.3 is 0 Å². The molecule has 2 heterocycles. The minimum Gasteiger partial charge on any atom is -0.506 e. The summed E-state index contributed by atoms with van der Waals surface area (Å²) >= 11 is 0. The summed E-state index contributed by atoms with van der Waals surface area (Å²) in [6.07, 6.45) is 6.09. The summed E-state index contributed by atoms with van der Waals surface area (Å²) < 4.78 is 0. The molecule has 2 aliphatic rings. The van der Waals surface area contributed by atoms with Gasteiger partial charge in [0.25, 0.3) is 11.8 Å². The van der Waals surface area contributed by atoms with Crippen LogP contribution in [0.15, 0.2) is 97.2 Å². The topological polar surface area (TPSA) is 105 Å². The lowest BCUT2D eigenvalue weighted by atomic mass is 10.2. The molecule has 7 heteroatoms. The van der Waals surface area contributed by atoms with Crippen molar-refractivity contribution in [2.45, 2.75) is 0 Å². The molecular formula is C24H21N3O4. The molecule has 5 rings (SSSR count). The number of nitrogen functional groups attached to an aromatic ring is 1. The van der Waals surface area contributed by atoms with Gasteiger partial charge in [-0.15, -0.1) is 0 Å². The van der Waals surface area contributed by atoms with Crippen LogP contribution in [0.2, 0.25) is 0 Å². The molecule has 2 amide bonds. The molecule has 0 aliphatic carbocycles. The van der Waals surface area contributed by atoms with Crippen LogP contribution in [0.5, 0.6) is 11.5 Å². The highest BCUT2D eigenvalue weighted by Crippen LogP contribution is 2.28. The first-order chi connectivity index (χ1) is 15.1. The lowest BCUT2D eigenvalue weighted by Crippen LogP contribution is -2.29. The fourth-order valence-electron chi connectivity index (χ4n) is 2.68. The summed E-state index contributed by atoms with van der Waals surface area (Å²) in [6, 6.07) is 23.6. The maximum absolute atomic E-state index is 11.2. The van der Waals surface area contributed by atoms with Gasteiger partial charge in [0.2, 0.25) is 0 Å². The van der Waals surface area contributed by atoms with Crippen LogP contribution in [0.25, 0.3) is 6.08 Å². The number of hydrogen-bond acceptors (Lipinski definition) is 6. The number of amides is 2. The van der Waals surface area contributed by atoms with Crippen LogP contribution in [0.1, 0.15) is 5.56 Å². The molecule has 3 aromatic rings. The molecule has 0 atom stereocenters. The first kappa shape index (κ1) is 21.2. The van der Waals surface area contributed by atoms with Crippen molar-refractivity contribution in [2.75, 3.05) is 10.6 Å². The molecule has 0 radical (unpaired) electrons. The van der Waals surface area contributed by atoms with Crippen molar-refractivity contribution in [1.82, 2.24) is 5.48 Å². The number of fused-ring (bicyclic) bond motifs is 1. The summed E-state index contributed by atoms with van der Waals surface area (Å²) in [6.45, 7) is 0. The van der Waals surface area contributed by atoms with Gasteiger partial charge in [-0.05, 0) is 36.4 Å². The molecule has 0 aromatic heterocycles. The van der Waals surface area contributed by atoms with Gasteiger partial charge < -0.3 is 15.7 Å². The Balaban J connectivity index is 0.000000140. The molecule has 31 heavy (non-hydrogen) atoms. The third kappa shape index (κ3) is 5.74. The first-order valence-electron chi connectivity index (χ1n) is 9.39. The molecule has 0 fully saturated rings. The predicted octanol–water partition coefficient (Wildman–Crippen LogP) is 3.64. The van der Waals surface area contributed by atoms with Crippen LogP contribution >= 0.6 is 0 Å². The highest BCUT2D eigenvalue weighted by atomic mass is 16.6. The number of hydroxylamine groups is 1. The molecule has 2 aliphatic heterocycles. The number of rotatable bonds is 1. The Morgan fingerprint density at radius 3 is 2.00 bits per heavy atom. The van der Waals surface area contributed by atoms with Crippen LogP contribution in [0, 0.1) is 0 Å². The van der Waals surface area contributed by atoms with Crippen molar-refractivity contribution in [2.24, 2.45) is 0 Å². The Morgan fingerprint density at radius 1 is 0.774 bits per heavy atom. The van der Waals surface area contributed by atoms with E-state index in [4.69, 9.17) is 10.6 Å². The third-order valence-corrected chi connectivity index (χ3v) is 4.15. The number of benzene rings is 3. The van der Waals surface area contributed by atoms with Crippen molar-refractivity contribution in [3.63, 3.8) is 0 Å². The monoisotopic (exact) mass is 415 g/mol. The van der Waals surface area contributed by atoms with E-state index in [0.29, 0.717) is 0 Å². The Kier molecular flexibility index (Phi) is 7.05. The van der Waals surface area contributed by atoms with Gasteiger partial charge in [-0.2, -0.15) is 0 Å². The summed E-state index contributed by atoms with van der Waals surface area (Å²) in [5, 5.41) is 9.43. The molecule has 156 valence electrons. The van der Waals surface area contributed by atoms with E-state index in [1.807, 2.05) is 60.7 Å². The fraction of sp³-hybridized carbons (Fsp3) is 0. The standard InChI is InChI=1S/C10H7NO3.C8H7NO.C6H7N/c12-8-4-2-1-3-7(8)11-9(13)5-6-10(11)14;1-2-4-8-7(3-1)5-6-9-10-8;7-6-4-2-1-3-5-6/h1-6,12H;1-6,9H;1-5H,7H2. The minimum atomic E-state index is -0.434. The molecule has 3 aromatic carbocycles. The van der Waals surface area contributed by atoms with Gasteiger partial charge in [0.15, 0.2) is 5.75 Å². The van der Waals surface area contributed by atoms with Crippen molar-refractivity contribution in [3.8, 4) is 11.5 Å². The maximum atomic E-state index is 11.2. The van der Waals surface area contributed by atoms with Crippen molar-refractivity contribution < 1.29 is 19.5 Å². The third-order valence-electron chi connectivity index (χ3n) is 4.15. The molecule has 0 saturated carbocycles. The van der Waals surface area contributed by atoms with E-state index in [1.54, 1.807) is 18.3 Å². The number of aromatic hydroxyl groups is 1. The maximum Gasteiger partial charge on any atom is 0.258 e. The number of carbonyl (C=O) groups is 2. The normalized spacial score (nSPS) is 13.1. The highest BCUT2D eigenvalue weighted by molar-refractivity contribution is 6.28. The van der Waals surface area contributed by atoms with Crippen LogP contribution in [-0.4, -0.2) is 16.9 Å². The van der Waals surface area contributed by atoms with Crippen molar-refractivity contribution in [3.05, 3.63) is 103 Å². The number of para-hydroxylation sites is 4. The minimum absolute atomic E-state index is 0.0853. The number of hydrogen-bond donors (Lipinski definition) is 3. The second-order valence-electron chi connectivity index (χ2n) is 6.34. The molecule has 0 saturated heterocycles. The number of nitrogens with one attached hydrogen (secondary N) is 1.